The molecule has 1 saturated carbocycles. The van der Waals surface area contributed by atoms with Crippen LogP contribution in [-0.2, 0) is 14.8 Å². The fourth-order valence-electron chi connectivity index (χ4n) is 2.58. The van der Waals surface area contributed by atoms with Gasteiger partial charge in [-0.3, -0.25) is 4.79 Å². The minimum Gasteiger partial charge on any atom is -0.341 e. The lowest BCUT2D eigenvalue weighted by atomic mass is 9.84. The third kappa shape index (κ3) is 3.11. The van der Waals surface area contributed by atoms with Crippen LogP contribution in [0.4, 0.5) is 0 Å². The summed E-state index contributed by atoms with van der Waals surface area (Å²) in [4.78, 5) is 14.0. The highest BCUT2D eigenvalue weighted by Gasteiger charge is 2.33. The molecule has 0 aromatic heterocycles. The summed E-state index contributed by atoms with van der Waals surface area (Å²) in [5.74, 6) is 0.434. The Hall–Kier alpha value is -0.620. The summed E-state index contributed by atoms with van der Waals surface area (Å²) >= 11 is 0. The van der Waals surface area contributed by atoms with Gasteiger partial charge in [-0.1, -0.05) is 6.42 Å². The number of nitrogens with zero attached hydrogens (tertiary/aromatic N) is 2. The second-order valence-corrected chi connectivity index (χ2v) is 8.29. The van der Waals surface area contributed by atoms with Crippen LogP contribution in [0.3, 0.4) is 0 Å². The van der Waals surface area contributed by atoms with Crippen molar-refractivity contribution in [3.05, 3.63) is 0 Å². The highest BCUT2D eigenvalue weighted by molar-refractivity contribution is 7.89. The van der Waals surface area contributed by atoms with Crippen molar-refractivity contribution in [3.63, 3.8) is 0 Å². The summed E-state index contributed by atoms with van der Waals surface area (Å²) in [6.07, 6.45) is 3.90. The topological polar surface area (TPSA) is 57.7 Å². The van der Waals surface area contributed by atoms with Crippen LogP contribution < -0.4 is 0 Å². The number of amides is 1. The largest absolute Gasteiger partial charge is 0.341 e. The van der Waals surface area contributed by atoms with Gasteiger partial charge in [-0.05, 0) is 33.1 Å². The summed E-state index contributed by atoms with van der Waals surface area (Å²) < 4.78 is 25.8. The molecule has 1 heterocycles. The lowest BCUT2D eigenvalue weighted by molar-refractivity contribution is -0.138. The maximum atomic E-state index is 12.2. The van der Waals surface area contributed by atoms with Crippen molar-refractivity contribution < 1.29 is 13.2 Å². The number of carbonyl (C=O) groups is 1. The van der Waals surface area contributed by atoms with Gasteiger partial charge in [0.1, 0.15) is 0 Å². The van der Waals surface area contributed by atoms with E-state index in [1.54, 1.807) is 18.2 Å². The molecule has 1 amide bonds. The van der Waals surface area contributed by atoms with Crippen LogP contribution in [0, 0.1) is 5.92 Å². The maximum absolute atomic E-state index is 12.2. The Morgan fingerprint density at radius 1 is 1.05 bits per heavy atom. The van der Waals surface area contributed by atoms with Crippen molar-refractivity contribution >= 4 is 15.9 Å². The lowest BCUT2D eigenvalue weighted by Gasteiger charge is -2.31. The van der Waals surface area contributed by atoms with Crippen molar-refractivity contribution in [2.24, 2.45) is 5.92 Å². The van der Waals surface area contributed by atoms with E-state index in [2.05, 4.69) is 0 Å². The molecular weight excluding hydrogens is 264 g/mol. The Balaban J connectivity index is 1.96. The monoisotopic (exact) mass is 288 g/mol. The third-order valence-corrected chi connectivity index (χ3v) is 6.45. The molecule has 5 nitrogen and oxygen atoms in total. The van der Waals surface area contributed by atoms with Gasteiger partial charge in [0.2, 0.25) is 15.9 Å². The van der Waals surface area contributed by atoms with E-state index < -0.39 is 10.0 Å². The molecule has 0 bridgehead atoms. The van der Waals surface area contributed by atoms with E-state index in [1.807, 2.05) is 4.90 Å². The van der Waals surface area contributed by atoms with E-state index in [0.717, 1.165) is 25.7 Å². The predicted octanol–water partition coefficient (Wildman–Crippen LogP) is 1.06. The van der Waals surface area contributed by atoms with Crippen molar-refractivity contribution in [2.45, 2.75) is 44.8 Å². The highest BCUT2D eigenvalue weighted by atomic mass is 32.2. The molecule has 0 aromatic rings. The molecular formula is C13H24N2O3S. The Bertz CT molecular complexity index is 429. The molecule has 0 atom stereocenters. The molecule has 19 heavy (non-hydrogen) atoms. The summed E-state index contributed by atoms with van der Waals surface area (Å²) in [6.45, 7) is 5.63. The quantitative estimate of drug-likeness (QED) is 0.780. The first-order valence-corrected chi connectivity index (χ1v) is 8.71. The zero-order valence-corrected chi connectivity index (χ0v) is 12.7. The molecule has 0 unspecified atom stereocenters. The fraction of sp³-hybridized carbons (Fsp3) is 0.923. The van der Waals surface area contributed by atoms with Gasteiger partial charge < -0.3 is 4.90 Å². The molecule has 2 fully saturated rings. The minimum absolute atomic E-state index is 0.202. The van der Waals surface area contributed by atoms with Crippen molar-refractivity contribution in [2.75, 3.05) is 26.2 Å². The minimum atomic E-state index is -3.19. The second kappa shape index (κ2) is 5.79. The second-order valence-electron chi connectivity index (χ2n) is 5.80. The first-order chi connectivity index (χ1) is 8.93. The Morgan fingerprint density at radius 2 is 1.74 bits per heavy atom. The van der Waals surface area contributed by atoms with Gasteiger partial charge in [-0.2, -0.15) is 4.31 Å². The van der Waals surface area contributed by atoms with Crippen molar-refractivity contribution in [3.8, 4) is 0 Å². The summed E-state index contributed by atoms with van der Waals surface area (Å²) in [5.41, 5.74) is 0. The number of hydrogen-bond donors (Lipinski definition) is 0. The Labute approximate surface area is 116 Å². The van der Waals surface area contributed by atoms with Gasteiger partial charge in [0.25, 0.3) is 0 Å². The smallest absolute Gasteiger partial charge is 0.225 e. The molecule has 2 rings (SSSR count). The van der Waals surface area contributed by atoms with Crippen LogP contribution in [0.5, 0.6) is 0 Å². The summed E-state index contributed by atoms with van der Waals surface area (Å²) in [5, 5.41) is -0.388. The molecule has 0 radical (unpaired) electrons. The molecule has 6 heteroatoms. The van der Waals surface area contributed by atoms with Gasteiger partial charge in [0, 0.05) is 32.1 Å². The molecule has 110 valence electrons. The van der Waals surface area contributed by atoms with E-state index in [4.69, 9.17) is 0 Å². The highest BCUT2D eigenvalue weighted by Crippen LogP contribution is 2.28. The Morgan fingerprint density at radius 3 is 2.26 bits per heavy atom. The molecule has 2 aliphatic rings. The fourth-order valence-corrected chi connectivity index (χ4v) is 3.90. The van der Waals surface area contributed by atoms with Crippen LogP contribution in [0.25, 0.3) is 0 Å². The summed E-state index contributed by atoms with van der Waals surface area (Å²) in [7, 11) is -3.19. The van der Waals surface area contributed by atoms with E-state index in [0.29, 0.717) is 26.2 Å². The molecule has 1 aliphatic carbocycles. The molecule has 0 aromatic carbocycles. The third-order valence-electron chi connectivity index (χ3n) is 4.18. The van der Waals surface area contributed by atoms with E-state index >= 15 is 0 Å². The number of sulfonamides is 1. The predicted molar refractivity (Wildman–Crippen MR) is 74.2 cm³/mol. The normalized spacial score (nSPS) is 23.2. The first-order valence-electron chi connectivity index (χ1n) is 7.20. The molecule has 0 N–H and O–H groups in total. The van der Waals surface area contributed by atoms with E-state index in [-0.39, 0.29) is 17.1 Å². The standard InChI is InChI=1S/C13H24N2O3S/c1-11(2)19(17,18)15-8-4-7-14(9-10-15)13(16)12-5-3-6-12/h11-12H,3-10H2,1-2H3. The first kappa shape index (κ1) is 14.8. The van der Waals surface area contributed by atoms with Crippen LogP contribution >= 0.6 is 0 Å². The van der Waals surface area contributed by atoms with Crippen LogP contribution in [-0.4, -0.2) is 55.0 Å². The Kier molecular flexibility index (Phi) is 4.50. The van der Waals surface area contributed by atoms with Gasteiger partial charge in [-0.25, -0.2) is 8.42 Å². The van der Waals surface area contributed by atoms with Gasteiger partial charge >= 0.3 is 0 Å². The van der Waals surface area contributed by atoms with Crippen LogP contribution in [0.1, 0.15) is 39.5 Å². The van der Waals surface area contributed by atoms with Gasteiger partial charge in [0.15, 0.2) is 0 Å². The SMILES string of the molecule is CC(C)S(=O)(=O)N1CCCN(C(=O)C2CCC2)CC1. The van der Waals surface area contributed by atoms with E-state index in [1.165, 1.54) is 0 Å². The van der Waals surface area contributed by atoms with Crippen molar-refractivity contribution in [1.82, 2.24) is 9.21 Å². The van der Waals surface area contributed by atoms with Crippen molar-refractivity contribution in [1.29, 1.82) is 0 Å². The van der Waals surface area contributed by atoms with E-state index in [9.17, 15) is 13.2 Å². The molecule has 1 saturated heterocycles. The zero-order valence-electron chi connectivity index (χ0n) is 11.8. The zero-order chi connectivity index (χ0) is 14.0. The van der Waals surface area contributed by atoms with Crippen LogP contribution in [0.15, 0.2) is 0 Å². The number of hydrogen-bond acceptors (Lipinski definition) is 3. The lowest BCUT2D eigenvalue weighted by Crippen LogP contribution is -2.42. The maximum Gasteiger partial charge on any atom is 0.225 e. The van der Waals surface area contributed by atoms with Gasteiger partial charge in [0.05, 0.1) is 5.25 Å². The number of carbonyl (C=O) groups excluding carboxylic acids is 1. The molecule has 1 aliphatic heterocycles. The molecule has 0 spiro atoms. The number of rotatable bonds is 3. The summed E-state index contributed by atoms with van der Waals surface area (Å²) in [6, 6.07) is 0. The van der Waals surface area contributed by atoms with Crippen LogP contribution in [0.2, 0.25) is 0 Å². The van der Waals surface area contributed by atoms with Gasteiger partial charge in [-0.15, -0.1) is 0 Å². The average molecular weight is 288 g/mol. The average Bonchev–Trinajstić information content (AvgIpc) is 2.51.